The second-order valence-electron chi connectivity index (χ2n) is 3.05. The van der Waals surface area contributed by atoms with Crippen LogP contribution in [0.1, 0.15) is 23.7 Å². The molecule has 1 atom stereocenters. The van der Waals surface area contributed by atoms with Crippen molar-refractivity contribution in [2.45, 2.75) is 19.4 Å². The van der Waals surface area contributed by atoms with Gasteiger partial charge in [0.2, 0.25) is 0 Å². The van der Waals surface area contributed by atoms with Crippen molar-refractivity contribution in [2.75, 3.05) is 0 Å². The molecule has 0 aromatic heterocycles. The molecule has 0 saturated heterocycles. The molecule has 0 heterocycles. The lowest BCUT2D eigenvalue weighted by atomic mass is 10.2. The molecule has 1 aromatic rings. The van der Waals surface area contributed by atoms with Gasteiger partial charge in [-0.15, -0.1) is 0 Å². The van der Waals surface area contributed by atoms with Gasteiger partial charge in [-0.3, -0.25) is 0 Å². The molecule has 3 heteroatoms. The largest absolute Gasteiger partial charge is 0.508 e. The summed E-state index contributed by atoms with van der Waals surface area (Å²) in [5.41, 5.74) is 0.433. The van der Waals surface area contributed by atoms with Crippen LogP contribution in [0.5, 0.6) is 5.75 Å². The van der Waals surface area contributed by atoms with E-state index in [1.165, 1.54) is 24.3 Å². The lowest BCUT2D eigenvalue weighted by Gasteiger charge is -2.10. The predicted octanol–water partition coefficient (Wildman–Crippen LogP) is 2.16. The number of rotatable bonds is 3. The number of hydrogen-bond donors (Lipinski definition) is 1. The molecule has 0 saturated carbocycles. The van der Waals surface area contributed by atoms with E-state index in [4.69, 9.17) is 9.84 Å². The van der Waals surface area contributed by atoms with E-state index in [0.29, 0.717) is 12.0 Å². The van der Waals surface area contributed by atoms with Crippen LogP contribution in [0.25, 0.3) is 0 Å². The van der Waals surface area contributed by atoms with E-state index in [1.54, 1.807) is 6.92 Å². The van der Waals surface area contributed by atoms with Crippen LogP contribution in [-0.4, -0.2) is 17.2 Å². The fourth-order valence-electron chi connectivity index (χ4n) is 0.907. The third-order valence-corrected chi connectivity index (χ3v) is 1.82. The molecule has 0 bridgehead atoms. The summed E-state index contributed by atoms with van der Waals surface area (Å²) in [6.07, 6.45) is 0.361. The predicted molar refractivity (Wildman–Crippen MR) is 53.0 cm³/mol. The Bertz CT molecular complexity index is 303. The number of benzene rings is 1. The summed E-state index contributed by atoms with van der Waals surface area (Å²) in [6.45, 7) is 5.41. The van der Waals surface area contributed by atoms with Crippen LogP contribution in [0.4, 0.5) is 0 Å². The third kappa shape index (κ3) is 2.76. The Hall–Kier alpha value is -1.51. The Labute approximate surface area is 83.3 Å². The quantitative estimate of drug-likeness (QED) is 0.748. The average molecular weight is 193 g/mol. The number of carbonyl (C=O) groups excluding carboxylic acids is 1. The first-order valence-electron chi connectivity index (χ1n) is 4.42. The van der Waals surface area contributed by atoms with Crippen molar-refractivity contribution in [1.29, 1.82) is 0 Å². The second kappa shape index (κ2) is 4.65. The van der Waals surface area contributed by atoms with E-state index in [9.17, 15) is 4.79 Å². The van der Waals surface area contributed by atoms with Gasteiger partial charge in [0.15, 0.2) is 0 Å². The summed E-state index contributed by atoms with van der Waals surface area (Å²) in [5, 5.41) is 9.00. The van der Waals surface area contributed by atoms with Crippen LogP contribution < -0.4 is 0 Å². The van der Waals surface area contributed by atoms with Crippen molar-refractivity contribution in [1.82, 2.24) is 0 Å². The molecule has 1 unspecified atom stereocenters. The normalized spacial score (nSPS) is 12.1. The molecule has 0 aliphatic carbocycles. The Morgan fingerprint density at radius 2 is 2.07 bits per heavy atom. The number of ether oxygens (including phenoxy) is 1. The highest BCUT2D eigenvalue weighted by molar-refractivity contribution is 5.89. The first-order valence-corrected chi connectivity index (χ1v) is 4.42. The van der Waals surface area contributed by atoms with Crippen molar-refractivity contribution < 1.29 is 14.6 Å². The second-order valence-corrected chi connectivity index (χ2v) is 3.05. The summed E-state index contributed by atoms with van der Waals surface area (Å²) in [4.78, 5) is 11.4. The average Bonchev–Trinajstić information content (AvgIpc) is 2.18. The van der Waals surface area contributed by atoms with Gasteiger partial charge in [0.1, 0.15) is 5.75 Å². The van der Waals surface area contributed by atoms with Gasteiger partial charge in [0, 0.05) is 0 Å². The topological polar surface area (TPSA) is 46.5 Å². The van der Waals surface area contributed by atoms with Gasteiger partial charge in [-0.25, -0.2) is 4.79 Å². The first-order chi connectivity index (χ1) is 6.63. The molecular formula is C11H13O3. The van der Waals surface area contributed by atoms with Crippen LogP contribution in [0, 0.1) is 6.92 Å². The zero-order chi connectivity index (χ0) is 10.6. The number of aromatic hydroxyl groups is 1. The van der Waals surface area contributed by atoms with Crippen LogP contribution in [0.3, 0.4) is 0 Å². The number of phenols is 1. The highest BCUT2D eigenvalue weighted by atomic mass is 16.5. The van der Waals surface area contributed by atoms with E-state index in [2.05, 4.69) is 6.92 Å². The molecule has 0 aliphatic heterocycles. The molecule has 1 aromatic carbocycles. The van der Waals surface area contributed by atoms with Crippen molar-refractivity contribution >= 4 is 5.97 Å². The van der Waals surface area contributed by atoms with E-state index < -0.39 is 0 Å². The maximum atomic E-state index is 11.4. The molecule has 3 nitrogen and oxygen atoms in total. The Morgan fingerprint density at radius 3 is 2.57 bits per heavy atom. The maximum absolute atomic E-state index is 11.4. The highest BCUT2D eigenvalue weighted by Crippen LogP contribution is 2.11. The SMILES string of the molecule is [CH2]CC(C)OC(=O)c1ccc(O)cc1. The van der Waals surface area contributed by atoms with Crippen LogP contribution in [0.15, 0.2) is 24.3 Å². The van der Waals surface area contributed by atoms with Crippen molar-refractivity contribution in [3.63, 3.8) is 0 Å². The summed E-state index contributed by atoms with van der Waals surface area (Å²) in [6, 6.07) is 5.94. The van der Waals surface area contributed by atoms with E-state index >= 15 is 0 Å². The molecule has 0 aliphatic rings. The highest BCUT2D eigenvalue weighted by Gasteiger charge is 2.09. The number of esters is 1. The Balaban J connectivity index is 2.65. The number of phenolic OH excluding ortho intramolecular Hbond substituents is 1. The van der Waals surface area contributed by atoms with Crippen LogP contribution >= 0.6 is 0 Å². The van der Waals surface area contributed by atoms with Gasteiger partial charge in [-0.2, -0.15) is 0 Å². The molecular weight excluding hydrogens is 180 g/mol. The van der Waals surface area contributed by atoms with Gasteiger partial charge >= 0.3 is 5.97 Å². The lowest BCUT2D eigenvalue weighted by Crippen LogP contribution is -2.13. The van der Waals surface area contributed by atoms with E-state index in [0.717, 1.165) is 0 Å². The first kappa shape index (κ1) is 10.6. The summed E-state index contributed by atoms with van der Waals surface area (Å²) in [7, 11) is 0. The minimum Gasteiger partial charge on any atom is -0.508 e. The fraction of sp³-hybridized carbons (Fsp3) is 0.273. The molecule has 1 rings (SSSR count). The summed E-state index contributed by atoms with van der Waals surface area (Å²) in [5.74, 6) is -0.257. The summed E-state index contributed by atoms with van der Waals surface area (Å²) >= 11 is 0. The zero-order valence-corrected chi connectivity index (χ0v) is 8.06. The van der Waals surface area contributed by atoms with Gasteiger partial charge < -0.3 is 9.84 Å². The monoisotopic (exact) mass is 193 g/mol. The molecule has 1 N–H and O–H groups in total. The lowest BCUT2D eigenvalue weighted by molar-refractivity contribution is 0.0346. The number of hydrogen-bond acceptors (Lipinski definition) is 3. The van der Waals surface area contributed by atoms with Crippen molar-refractivity contribution in [3.8, 4) is 5.75 Å². The van der Waals surface area contributed by atoms with E-state index in [-0.39, 0.29) is 17.8 Å². The molecule has 0 amide bonds. The molecule has 1 radical (unpaired) electrons. The Morgan fingerprint density at radius 1 is 1.50 bits per heavy atom. The Kier molecular flexibility index (Phi) is 3.51. The molecule has 14 heavy (non-hydrogen) atoms. The zero-order valence-electron chi connectivity index (χ0n) is 8.06. The van der Waals surface area contributed by atoms with Gasteiger partial charge in [0.05, 0.1) is 11.7 Å². The van der Waals surface area contributed by atoms with Crippen molar-refractivity contribution in [2.24, 2.45) is 0 Å². The standard InChI is InChI=1S/C11H13O3/c1-3-8(2)14-11(13)9-4-6-10(12)7-5-9/h4-8,12H,1,3H2,2H3. The maximum Gasteiger partial charge on any atom is 0.338 e. The van der Waals surface area contributed by atoms with E-state index in [1.807, 2.05) is 0 Å². The fourth-order valence-corrected chi connectivity index (χ4v) is 0.907. The van der Waals surface area contributed by atoms with Gasteiger partial charge in [-0.1, -0.05) is 0 Å². The van der Waals surface area contributed by atoms with Gasteiger partial charge in [0.25, 0.3) is 0 Å². The summed E-state index contributed by atoms with van der Waals surface area (Å²) < 4.78 is 5.04. The molecule has 75 valence electrons. The smallest absolute Gasteiger partial charge is 0.338 e. The minimum atomic E-state index is -0.388. The van der Waals surface area contributed by atoms with Crippen LogP contribution in [-0.2, 0) is 4.74 Å². The van der Waals surface area contributed by atoms with Gasteiger partial charge in [-0.05, 0) is 44.5 Å². The van der Waals surface area contributed by atoms with Crippen molar-refractivity contribution in [3.05, 3.63) is 36.8 Å². The van der Waals surface area contributed by atoms with Crippen LogP contribution in [0.2, 0.25) is 0 Å². The minimum absolute atomic E-state index is 0.131. The molecule has 0 fully saturated rings. The molecule has 0 spiro atoms. The number of carbonyl (C=O) groups is 1. The third-order valence-electron chi connectivity index (χ3n) is 1.82.